The van der Waals surface area contributed by atoms with Gasteiger partial charge < -0.3 is 29.5 Å². The van der Waals surface area contributed by atoms with Crippen LogP contribution in [0.4, 0.5) is 0 Å². The molecule has 0 aromatic heterocycles. The number of hydrogen-bond acceptors (Lipinski definition) is 8. The van der Waals surface area contributed by atoms with E-state index < -0.39 is 18.3 Å². The lowest BCUT2D eigenvalue weighted by Crippen LogP contribution is -2.50. The van der Waals surface area contributed by atoms with Gasteiger partial charge in [-0.15, -0.1) is 19.7 Å². The standard InChI is InChI=1S/C39H76N2O6/c1-6-10-11-12-13-14-15-16-17-18-19-20-21-22-23-24-25-40(30-37(42)33-45-26-7-2)29-36(5)41(31-38(43)34-46-27-8-3)32-39(44)35-47-28-9-4/h7-9,36-39,42-44H,2-4,6,10-35H2,1,5H3. The molecule has 0 aliphatic rings. The highest BCUT2D eigenvalue weighted by Gasteiger charge is 2.24. The quantitative estimate of drug-likeness (QED) is 0.0482. The van der Waals surface area contributed by atoms with Crippen molar-refractivity contribution < 1.29 is 29.5 Å². The zero-order valence-electron chi connectivity index (χ0n) is 30.7. The summed E-state index contributed by atoms with van der Waals surface area (Å²) in [5.41, 5.74) is 0. The van der Waals surface area contributed by atoms with Crippen LogP contribution in [0.3, 0.4) is 0 Å². The molecular formula is C39H76N2O6. The molecule has 0 aromatic rings. The summed E-state index contributed by atoms with van der Waals surface area (Å²) in [5, 5.41) is 32.1. The van der Waals surface area contributed by atoms with E-state index in [1.54, 1.807) is 18.2 Å². The van der Waals surface area contributed by atoms with Crippen LogP contribution in [0.1, 0.15) is 117 Å². The predicted octanol–water partition coefficient (Wildman–Crippen LogP) is 6.93. The third kappa shape index (κ3) is 30.7. The lowest BCUT2D eigenvalue weighted by atomic mass is 10.0. The fraction of sp³-hybridized carbons (Fsp3) is 0.846. The minimum absolute atomic E-state index is 0.0143. The SMILES string of the molecule is C=CCOCC(O)CN(CCCCCCCCCCCCCCCCCC)CC(C)N(CC(O)COCC=C)CC(O)COCC=C. The molecule has 0 aliphatic heterocycles. The van der Waals surface area contributed by atoms with Crippen molar-refractivity contribution in [2.45, 2.75) is 141 Å². The minimum Gasteiger partial charge on any atom is -0.389 e. The van der Waals surface area contributed by atoms with Crippen LogP contribution in [-0.4, -0.2) is 122 Å². The van der Waals surface area contributed by atoms with Crippen LogP contribution in [0.5, 0.6) is 0 Å². The molecule has 4 atom stereocenters. The van der Waals surface area contributed by atoms with E-state index in [2.05, 4.69) is 43.4 Å². The van der Waals surface area contributed by atoms with Crippen molar-refractivity contribution in [2.24, 2.45) is 0 Å². The average molecular weight is 669 g/mol. The van der Waals surface area contributed by atoms with Gasteiger partial charge in [0, 0.05) is 32.2 Å². The van der Waals surface area contributed by atoms with Gasteiger partial charge in [0.05, 0.1) is 58.0 Å². The normalized spacial score (nSPS) is 14.4. The Hall–Kier alpha value is -1.10. The summed E-state index contributed by atoms with van der Waals surface area (Å²) in [6.45, 7) is 20.0. The summed E-state index contributed by atoms with van der Waals surface area (Å²) >= 11 is 0. The molecule has 47 heavy (non-hydrogen) atoms. The van der Waals surface area contributed by atoms with Crippen molar-refractivity contribution in [1.82, 2.24) is 9.80 Å². The second-order valence-corrected chi connectivity index (χ2v) is 13.3. The van der Waals surface area contributed by atoms with Crippen molar-refractivity contribution in [3.8, 4) is 0 Å². The van der Waals surface area contributed by atoms with Crippen LogP contribution in [0.2, 0.25) is 0 Å². The van der Waals surface area contributed by atoms with Crippen LogP contribution >= 0.6 is 0 Å². The van der Waals surface area contributed by atoms with E-state index in [1.165, 1.54) is 96.3 Å². The smallest absolute Gasteiger partial charge is 0.0900 e. The van der Waals surface area contributed by atoms with Crippen LogP contribution in [0.25, 0.3) is 0 Å². The summed E-state index contributed by atoms with van der Waals surface area (Å²) in [5.74, 6) is 0. The van der Waals surface area contributed by atoms with E-state index >= 15 is 0 Å². The Labute approximate surface area is 290 Å². The highest BCUT2D eigenvalue weighted by molar-refractivity contribution is 4.79. The topological polar surface area (TPSA) is 94.9 Å². The monoisotopic (exact) mass is 669 g/mol. The first-order chi connectivity index (χ1) is 22.9. The average Bonchev–Trinajstić information content (AvgIpc) is 3.04. The fourth-order valence-electron chi connectivity index (χ4n) is 5.92. The van der Waals surface area contributed by atoms with Crippen molar-refractivity contribution in [3.63, 3.8) is 0 Å². The van der Waals surface area contributed by atoms with E-state index in [-0.39, 0.29) is 25.9 Å². The molecular weight excluding hydrogens is 592 g/mol. The van der Waals surface area contributed by atoms with Crippen molar-refractivity contribution in [2.75, 3.05) is 72.4 Å². The van der Waals surface area contributed by atoms with E-state index in [0.29, 0.717) is 46.0 Å². The lowest BCUT2D eigenvalue weighted by molar-refractivity contribution is -0.0212. The molecule has 3 N–H and O–H groups in total. The molecule has 278 valence electrons. The number of nitrogens with zero attached hydrogens (tertiary/aromatic N) is 2. The third-order valence-electron chi connectivity index (χ3n) is 8.47. The van der Waals surface area contributed by atoms with Gasteiger partial charge in [0.1, 0.15) is 0 Å². The molecule has 0 amide bonds. The van der Waals surface area contributed by atoms with Gasteiger partial charge in [-0.1, -0.05) is 121 Å². The van der Waals surface area contributed by atoms with Crippen molar-refractivity contribution in [3.05, 3.63) is 38.0 Å². The molecule has 0 saturated heterocycles. The summed E-state index contributed by atoms with van der Waals surface area (Å²) in [6, 6.07) is 0.0143. The number of unbranched alkanes of at least 4 members (excludes halogenated alkanes) is 15. The maximum Gasteiger partial charge on any atom is 0.0900 e. The number of rotatable bonds is 38. The number of ether oxygens (including phenoxy) is 3. The summed E-state index contributed by atoms with van der Waals surface area (Å²) in [4.78, 5) is 4.38. The van der Waals surface area contributed by atoms with E-state index in [1.807, 2.05) is 0 Å². The predicted molar refractivity (Wildman–Crippen MR) is 198 cm³/mol. The van der Waals surface area contributed by atoms with Crippen LogP contribution in [0, 0.1) is 0 Å². The molecule has 0 spiro atoms. The molecule has 0 fully saturated rings. The Balaban J connectivity index is 4.75. The Kier molecular flexibility index (Phi) is 33.9. The van der Waals surface area contributed by atoms with E-state index in [9.17, 15) is 15.3 Å². The summed E-state index contributed by atoms with van der Waals surface area (Å²) in [7, 11) is 0. The molecule has 0 radical (unpaired) electrons. The summed E-state index contributed by atoms with van der Waals surface area (Å²) in [6.07, 6.45) is 24.4. The second kappa shape index (κ2) is 34.8. The molecule has 4 unspecified atom stereocenters. The Morgan fingerprint density at radius 3 is 1.21 bits per heavy atom. The van der Waals surface area contributed by atoms with Crippen LogP contribution in [0.15, 0.2) is 38.0 Å². The zero-order chi connectivity index (χ0) is 34.8. The highest BCUT2D eigenvalue weighted by Crippen LogP contribution is 2.15. The first-order valence-corrected chi connectivity index (χ1v) is 18.9. The first-order valence-electron chi connectivity index (χ1n) is 18.9. The number of aliphatic hydroxyl groups is 3. The van der Waals surface area contributed by atoms with Gasteiger partial charge in [0.25, 0.3) is 0 Å². The molecule has 0 bridgehead atoms. The molecule has 0 aliphatic carbocycles. The van der Waals surface area contributed by atoms with Gasteiger partial charge in [0.2, 0.25) is 0 Å². The molecule has 8 nitrogen and oxygen atoms in total. The highest BCUT2D eigenvalue weighted by atomic mass is 16.5. The number of hydrogen-bond donors (Lipinski definition) is 3. The number of aliphatic hydroxyl groups excluding tert-OH is 3. The van der Waals surface area contributed by atoms with Gasteiger partial charge >= 0.3 is 0 Å². The third-order valence-corrected chi connectivity index (χ3v) is 8.47. The minimum atomic E-state index is -0.703. The van der Waals surface area contributed by atoms with Gasteiger partial charge in [-0.05, 0) is 19.9 Å². The van der Waals surface area contributed by atoms with Gasteiger partial charge in [-0.2, -0.15) is 0 Å². The zero-order valence-corrected chi connectivity index (χ0v) is 30.7. The Bertz CT molecular complexity index is 674. The fourth-order valence-corrected chi connectivity index (χ4v) is 5.92. The molecule has 0 heterocycles. The van der Waals surface area contributed by atoms with Crippen LogP contribution in [-0.2, 0) is 14.2 Å². The molecule has 0 rings (SSSR count). The first kappa shape index (κ1) is 45.9. The Morgan fingerprint density at radius 1 is 0.511 bits per heavy atom. The molecule has 0 aromatic carbocycles. The largest absolute Gasteiger partial charge is 0.389 e. The molecule has 8 heteroatoms. The van der Waals surface area contributed by atoms with Gasteiger partial charge in [0.15, 0.2) is 0 Å². The van der Waals surface area contributed by atoms with Gasteiger partial charge in [-0.3, -0.25) is 9.80 Å². The van der Waals surface area contributed by atoms with Crippen molar-refractivity contribution >= 4 is 0 Å². The second-order valence-electron chi connectivity index (χ2n) is 13.3. The maximum atomic E-state index is 10.7. The lowest BCUT2D eigenvalue weighted by Gasteiger charge is -2.36. The van der Waals surface area contributed by atoms with E-state index in [4.69, 9.17) is 14.2 Å². The van der Waals surface area contributed by atoms with Gasteiger partial charge in [-0.25, -0.2) is 0 Å². The molecule has 0 saturated carbocycles. The van der Waals surface area contributed by atoms with Crippen LogP contribution < -0.4 is 0 Å². The Morgan fingerprint density at radius 2 is 0.851 bits per heavy atom. The summed E-state index contributed by atoms with van der Waals surface area (Å²) < 4.78 is 16.5. The van der Waals surface area contributed by atoms with E-state index in [0.717, 1.165) is 13.0 Å². The van der Waals surface area contributed by atoms with Crippen molar-refractivity contribution in [1.29, 1.82) is 0 Å². The maximum absolute atomic E-state index is 10.7.